The van der Waals surface area contributed by atoms with Crippen molar-refractivity contribution in [3.8, 4) is 0 Å². The number of carbonyl (C=O) groups excluding carboxylic acids is 1. The van der Waals surface area contributed by atoms with Gasteiger partial charge in [0.05, 0.1) is 5.56 Å². The summed E-state index contributed by atoms with van der Waals surface area (Å²) in [5.74, 6) is -0.649. The van der Waals surface area contributed by atoms with E-state index in [-0.39, 0.29) is 11.3 Å². The van der Waals surface area contributed by atoms with Crippen molar-refractivity contribution in [1.82, 2.24) is 5.32 Å². The van der Waals surface area contributed by atoms with Crippen LogP contribution in [0.3, 0.4) is 0 Å². The summed E-state index contributed by atoms with van der Waals surface area (Å²) in [7, 11) is 1.68. The van der Waals surface area contributed by atoms with Crippen LogP contribution < -0.4 is 5.32 Å². The van der Waals surface area contributed by atoms with Crippen molar-refractivity contribution in [2.24, 2.45) is 5.41 Å². The number of carbonyl (C=O) groups is 1. The van der Waals surface area contributed by atoms with E-state index in [1.165, 1.54) is 12.1 Å². The smallest absolute Gasteiger partial charge is 0.252 e. The van der Waals surface area contributed by atoms with Gasteiger partial charge in [-0.3, -0.25) is 4.79 Å². The Morgan fingerprint density at radius 3 is 2.89 bits per heavy atom. The molecule has 2 rings (SSSR count). The van der Waals surface area contributed by atoms with Crippen molar-refractivity contribution in [3.63, 3.8) is 0 Å². The third-order valence-corrected chi connectivity index (χ3v) is 4.28. The zero-order valence-electron chi connectivity index (χ0n) is 10.8. The first-order valence-corrected chi connectivity index (χ1v) is 7.08. The minimum absolute atomic E-state index is 0.186. The van der Waals surface area contributed by atoms with Gasteiger partial charge in [0.15, 0.2) is 0 Å². The summed E-state index contributed by atoms with van der Waals surface area (Å²) in [6.07, 6.45) is 3.18. The largest absolute Gasteiger partial charge is 0.385 e. The van der Waals surface area contributed by atoms with Gasteiger partial charge in [-0.15, -0.1) is 0 Å². The number of methoxy groups -OCH3 is 1. The van der Waals surface area contributed by atoms with Crippen LogP contribution in [0.15, 0.2) is 22.7 Å². The molecule has 0 unspecified atom stereocenters. The minimum Gasteiger partial charge on any atom is -0.385 e. The van der Waals surface area contributed by atoms with Crippen LogP contribution in [0.4, 0.5) is 4.39 Å². The molecule has 1 fully saturated rings. The molecule has 0 heterocycles. The first kappa shape index (κ1) is 14.5. The topological polar surface area (TPSA) is 38.3 Å². The maximum absolute atomic E-state index is 13.1. The average Bonchev–Trinajstić information content (AvgIpc) is 3.17. The monoisotopic (exact) mass is 329 g/mol. The van der Waals surface area contributed by atoms with Crippen LogP contribution >= 0.6 is 15.9 Å². The second-order valence-electron chi connectivity index (χ2n) is 5.05. The fourth-order valence-electron chi connectivity index (χ4n) is 2.05. The van der Waals surface area contributed by atoms with Crippen molar-refractivity contribution < 1.29 is 13.9 Å². The summed E-state index contributed by atoms with van der Waals surface area (Å²) >= 11 is 3.26. The van der Waals surface area contributed by atoms with Crippen molar-refractivity contribution in [1.29, 1.82) is 0 Å². The van der Waals surface area contributed by atoms with Gasteiger partial charge in [-0.2, -0.15) is 0 Å². The Hall–Kier alpha value is -0.940. The second kappa shape index (κ2) is 6.01. The molecule has 104 valence electrons. The Bertz CT molecular complexity index is 475. The average molecular weight is 330 g/mol. The molecule has 5 heteroatoms. The molecule has 1 aliphatic carbocycles. The number of amides is 1. The minimum atomic E-state index is -0.408. The Morgan fingerprint density at radius 2 is 2.26 bits per heavy atom. The van der Waals surface area contributed by atoms with Gasteiger partial charge in [0.1, 0.15) is 5.82 Å². The molecule has 1 N–H and O–H groups in total. The van der Waals surface area contributed by atoms with Crippen LogP contribution in [-0.4, -0.2) is 26.2 Å². The van der Waals surface area contributed by atoms with Crippen molar-refractivity contribution in [2.75, 3.05) is 20.3 Å². The second-order valence-corrected chi connectivity index (χ2v) is 5.90. The molecule has 0 atom stereocenters. The number of halogens is 2. The molecule has 0 aliphatic heterocycles. The molecule has 19 heavy (non-hydrogen) atoms. The molecule has 3 nitrogen and oxygen atoms in total. The Balaban J connectivity index is 1.93. The predicted molar refractivity (Wildman–Crippen MR) is 74.6 cm³/mol. The summed E-state index contributed by atoms with van der Waals surface area (Å²) in [4.78, 5) is 12.0. The Labute approximate surface area is 120 Å². The molecule has 1 amide bonds. The quantitative estimate of drug-likeness (QED) is 0.870. The molecule has 1 saturated carbocycles. The number of hydrogen-bond donors (Lipinski definition) is 1. The summed E-state index contributed by atoms with van der Waals surface area (Å²) in [6.45, 7) is 1.33. The molecule has 0 spiro atoms. The van der Waals surface area contributed by atoms with Gasteiger partial charge in [-0.1, -0.05) is 0 Å². The van der Waals surface area contributed by atoms with Gasteiger partial charge in [0.25, 0.3) is 5.91 Å². The van der Waals surface area contributed by atoms with Crippen LogP contribution in [0.25, 0.3) is 0 Å². The van der Waals surface area contributed by atoms with E-state index in [4.69, 9.17) is 4.74 Å². The summed E-state index contributed by atoms with van der Waals surface area (Å²) in [6, 6.07) is 4.11. The lowest BCUT2D eigenvalue weighted by molar-refractivity contribution is 0.0936. The molecule has 1 aliphatic rings. The van der Waals surface area contributed by atoms with Crippen LogP contribution in [-0.2, 0) is 4.74 Å². The standard InChI is InChI=1S/C14H17BrFNO2/c1-19-7-6-14(4-5-14)9-17-13(18)11-8-10(16)2-3-12(11)15/h2-3,8H,4-7,9H2,1H3,(H,17,18). The third kappa shape index (κ3) is 3.76. The van der Waals surface area contributed by atoms with Crippen molar-refractivity contribution >= 4 is 21.8 Å². The lowest BCUT2D eigenvalue weighted by Gasteiger charge is -2.15. The van der Waals surface area contributed by atoms with Crippen LogP contribution in [0, 0.1) is 11.2 Å². The molecular formula is C14H17BrFNO2. The van der Waals surface area contributed by atoms with Gasteiger partial charge >= 0.3 is 0 Å². The van der Waals surface area contributed by atoms with Crippen molar-refractivity contribution in [2.45, 2.75) is 19.3 Å². The van der Waals surface area contributed by atoms with Gasteiger partial charge in [0.2, 0.25) is 0 Å². The molecule has 0 saturated heterocycles. The fourth-order valence-corrected chi connectivity index (χ4v) is 2.47. The van der Waals surface area contributed by atoms with Gasteiger partial charge in [-0.05, 0) is 58.8 Å². The Kier molecular flexibility index (Phi) is 4.58. The highest BCUT2D eigenvalue weighted by Gasteiger charge is 2.42. The molecule has 0 aromatic heterocycles. The normalized spacial score (nSPS) is 16.2. The van der Waals surface area contributed by atoms with E-state index in [0.29, 0.717) is 23.2 Å². The van der Waals surface area contributed by atoms with E-state index >= 15 is 0 Å². The Morgan fingerprint density at radius 1 is 1.53 bits per heavy atom. The lowest BCUT2D eigenvalue weighted by atomic mass is 10.0. The number of rotatable bonds is 6. The SMILES string of the molecule is COCCC1(CNC(=O)c2cc(F)ccc2Br)CC1. The van der Waals surface area contributed by atoms with E-state index in [2.05, 4.69) is 21.2 Å². The third-order valence-electron chi connectivity index (χ3n) is 3.59. The summed E-state index contributed by atoms with van der Waals surface area (Å²) < 4.78 is 18.8. The van der Waals surface area contributed by atoms with E-state index in [1.54, 1.807) is 13.2 Å². The summed E-state index contributed by atoms with van der Waals surface area (Å²) in [5, 5.41) is 2.89. The van der Waals surface area contributed by atoms with E-state index in [1.807, 2.05) is 0 Å². The molecule has 1 aromatic carbocycles. The van der Waals surface area contributed by atoms with E-state index in [9.17, 15) is 9.18 Å². The first-order valence-electron chi connectivity index (χ1n) is 6.28. The maximum Gasteiger partial charge on any atom is 0.252 e. The number of nitrogens with one attached hydrogen (secondary N) is 1. The van der Waals surface area contributed by atoms with Gasteiger partial charge in [-0.25, -0.2) is 4.39 Å². The number of hydrogen-bond acceptors (Lipinski definition) is 2. The lowest BCUT2D eigenvalue weighted by Crippen LogP contribution is -2.31. The molecular weight excluding hydrogens is 313 g/mol. The highest BCUT2D eigenvalue weighted by Crippen LogP contribution is 2.48. The van der Waals surface area contributed by atoms with Gasteiger partial charge < -0.3 is 10.1 Å². The fraction of sp³-hybridized carbons (Fsp3) is 0.500. The zero-order valence-corrected chi connectivity index (χ0v) is 12.4. The van der Waals surface area contributed by atoms with Crippen molar-refractivity contribution in [3.05, 3.63) is 34.1 Å². The number of ether oxygens (including phenoxy) is 1. The highest BCUT2D eigenvalue weighted by atomic mass is 79.9. The van der Waals surface area contributed by atoms with E-state index in [0.717, 1.165) is 19.3 Å². The highest BCUT2D eigenvalue weighted by molar-refractivity contribution is 9.10. The van der Waals surface area contributed by atoms with Crippen LogP contribution in [0.5, 0.6) is 0 Å². The zero-order chi connectivity index (χ0) is 13.9. The number of benzene rings is 1. The first-order chi connectivity index (χ1) is 9.06. The van der Waals surface area contributed by atoms with Crippen LogP contribution in [0.2, 0.25) is 0 Å². The maximum atomic E-state index is 13.1. The molecule has 1 aromatic rings. The molecule has 0 bridgehead atoms. The summed E-state index contributed by atoms with van der Waals surface area (Å²) in [5.41, 5.74) is 0.522. The van der Waals surface area contributed by atoms with Crippen LogP contribution in [0.1, 0.15) is 29.6 Å². The predicted octanol–water partition coefficient (Wildman–Crippen LogP) is 3.13. The molecule has 0 radical (unpaired) electrons. The van der Waals surface area contributed by atoms with Gasteiger partial charge in [0, 0.05) is 24.7 Å². The van der Waals surface area contributed by atoms with E-state index < -0.39 is 5.82 Å².